The molecule has 1 aliphatic rings. The van der Waals surface area contributed by atoms with Gasteiger partial charge >= 0.3 is 5.97 Å². The molecule has 1 heterocycles. The van der Waals surface area contributed by atoms with Crippen LogP contribution in [-0.2, 0) is 14.4 Å². The number of carboxylic acid groups (broad SMARTS) is 1. The molecular formula is C23H41NO4. The predicted molar refractivity (Wildman–Crippen MR) is 112 cm³/mol. The third-order valence-electron chi connectivity index (χ3n) is 5.76. The Morgan fingerprint density at radius 1 is 0.786 bits per heavy atom. The Balaban J connectivity index is 1.94. The molecule has 0 spiro atoms. The van der Waals surface area contributed by atoms with E-state index in [1.54, 1.807) is 0 Å². The number of carbonyl (C=O) groups excluding carboxylic acids is 2. The van der Waals surface area contributed by atoms with E-state index in [1.165, 1.54) is 62.7 Å². The topological polar surface area (TPSA) is 74.7 Å². The number of hydrogen-bond donors (Lipinski definition) is 1. The van der Waals surface area contributed by atoms with Gasteiger partial charge in [-0.2, -0.15) is 0 Å². The fourth-order valence-corrected chi connectivity index (χ4v) is 4.01. The number of carboxylic acids is 1. The van der Waals surface area contributed by atoms with Crippen molar-refractivity contribution in [2.24, 2.45) is 0 Å². The quantitative estimate of drug-likeness (QED) is 0.330. The summed E-state index contributed by atoms with van der Waals surface area (Å²) < 4.78 is 0. The highest BCUT2D eigenvalue weighted by molar-refractivity contribution is 5.85. The molecule has 1 fully saturated rings. The van der Waals surface area contributed by atoms with Crippen molar-refractivity contribution in [1.82, 2.24) is 4.90 Å². The van der Waals surface area contributed by atoms with E-state index in [2.05, 4.69) is 6.92 Å². The van der Waals surface area contributed by atoms with Crippen LogP contribution in [0.15, 0.2) is 0 Å². The SMILES string of the molecule is CCCCCCCCCCCCCC(=O)CCCC(=O)N1CCCC1C(=O)O. The Morgan fingerprint density at radius 2 is 1.32 bits per heavy atom. The fraction of sp³-hybridized carbons (Fsp3) is 0.870. The van der Waals surface area contributed by atoms with Crippen molar-refractivity contribution >= 4 is 17.7 Å². The molecule has 1 N–H and O–H groups in total. The van der Waals surface area contributed by atoms with Gasteiger partial charge in [-0.05, 0) is 25.7 Å². The summed E-state index contributed by atoms with van der Waals surface area (Å²) >= 11 is 0. The summed E-state index contributed by atoms with van der Waals surface area (Å²) in [6, 6.07) is -0.667. The second kappa shape index (κ2) is 15.5. The zero-order chi connectivity index (χ0) is 20.6. The average Bonchev–Trinajstić information content (AvgIpc) is 3.16. The number of aliphatic carboxylic acids is 1. The number of nitrogens with zero attached hydrogens (tertiary/aromatic N) is 1. The minimum absolute atomic E-state index is 0.118. The highest BCUT2D eigenvalue weighted by atomic mass is 16.4. The Labute approximate surface area is 171 Å². The first kappa shape index (κ1) is 24.6. The number of unbranched alkanes of at least 4 members (excludes halogenated alkanes) is 10. The van der Waals surface area contributed by atoms with E-state index >= 15 is 0 Å². The van der Waals surface area contributed by atoms with Crippen LogP contribution in [0.25, 0.3) is 0 Å². The Hall–Kier alpha value is -1.39. The minimum atomic E-state index is -0.918. The predicted octanol–water partition coefficient (Wildman–Crippen LogP) is 5.50. The maximum absolute atomic E-state index is 12.2. The summed E-state index contributed by atoms with van der Waals surface area (Å²) in [5, 5.41) is 9.13. The van der Waals surface area contributed by atoms with E-state index in [4.69, 9.17) is 5.11 Å². The van der Waals surface area contributed by atoms with E-state index in [-0.39, 0.29) is 18.1 Å². The third-order valence-corrected chi connectivity index (χ3v) is 5.76. The van der Waals surface area contributed by atoms with Crippen molar-refractivity contribution in [1.29, 1.82) is 0 Å². The Kier molecular flexibility index (Phi) is 13.7. The molecule has 0 aromatic carbocycles. The third kappa shape index (κ3) is 10.8. The van der Waals surface area contributed by atoms with Gasteiger partial charge in [0, 0.05) is 25.8 Å². The fourth-order valence-electron chi connectivity index (χ4n) is 4.01. The molecule has 5 heteroatoms. The largest absolute Gasteiger partial charge is 0.480 e. The van der Waals surface area contributed by atoms with Crippen LogP contribution in [-0.4, -0.2) is 40.3 Å². The Morgan fingerprint density at radius 3 is 1.89 bits per heavy atom. The monoisotopic (exact) mass is 395 g/mol. The van der Waals surface area contributed by atoms with Gasteiger partial charge in [-0.25, -0.2) is 4.79 Å². The zero-order valence-electron chi connectivity index (χ0n) is 17.9. The van der Waals surface area contributed by atoms with E-state index in [0.29, 0.717) is 32.2 Å². The van der Waals surface area contributed by atoms with Crippen molar-refractivity contribution in [2.75, 3.05) is 6.54 Å². The van der Waals surface area contributed by atoms with E-state index < -0.39 is 12.0 Å². The molecular weight excluding hydrogens is 354 g/mol. The highest BCUT2D eigenvalue weighted by Gasteiger charge is 2.33. The lowest BCUT2D eigenvalue weighted by molar-refractivity contribution is -0.148. The van der Waals surface area contributed by atoms with Gasteiger partial charge in [0.25, 0.3) is 0 Å². The van der Waals surface area contributed by atoms with Gasteiger partial charge in [-0.3, -0.25) is 9.59 Å². The zero-order valence-corrected chi connectivity index (χ0v) is 17.9. The lowest BCUT2D eigenvalue weighted by atomic mass is 10.0. The first-order valence-corrected chi connectivity index (χ1v) is 11.6. The minimum Gasteiger partial charge on any atom is -0.480 e. The molecule has 0 aromatic rings. The van der Waals surface area contributed by atoms with E-state index in [9.17, 15) is 14.4 Å². The summed E-state index contributed by atoms with van der Waals surface area (Å²) in [6.45, 7) is 2.78. The summed E-state index contributed by atoms with van der Waals surface area (Å²) in [7, 11) is 0. The van der Waals surface area contributed by atoms with Gasteiger partial charge in [0.1, 0.15) is 11.8 Å². The second-order valence-electron chi connectivity index (χ2n) is 8.26. The van der Waals surface area contributed by atoms with Crippen LogP contribution < -0.4 is 0 Å². The maximum Gasteiger partial charge on any atom is 0.326 e. The first-order chi connectivity index (χ1) is 13.6. The number of amides is 1. The molecule has 0 aliphatic carbocycles. The summed E-state index contributed by atoms with van der Waals surface area (Å²) in [5.74, 6) is -0.800. The normalized spacial score (nSPS) is 16.5. The molecule has 1 saturated heterocycles. The van der Waals surface area contributed by atoms with Gasteiger partial charge in [0.2, 0.25) is 5.91 Å². The molecule has 1 unspecified atom stereocenters. The molecule has 1 rings (SSSR count). The lowest BCUT2D eigenvalue weighted by Crippen LogP contribution is -2.40. The summed E-state index contributed by atoms with van der Waals surface area (Å²) in [4.78, 5) is 36.7. The van der Waals surface area contributed by atoms with Crippen LogP contribution in [0.3, 0.4) is 0 Å². The van der Waals surface area contributed by atoms with Crippen LogP contribution in [0.5, 0.6) is 0 Å². The van der Waals surface area contributed by atoms with Crippen LogP contribution in [0, 0.1) is 0 Å². The molecule has 1 amide bonds. The van der Waals surface area contributed by atoms with E-state index in [1.807, 2.05) is 0 Å². The van der Waals surface area contributed by atoms with Crippen molar-refractivity contribution in [2.45, 2.75) is 122 Å². The summed E-state index contributed by atoms with van der Waals surface area (Å²) in [6.07, 6.45) is 17.2. The molecule has 0 saturated carbocycles. The molecule has 0 radical (unpaired) electrons. The smallest absolute Gasteiger partial charge is 0.326 e. The van der Waals surface area contributed by atoms with Gasteiger partial charge in [-0.15, -0.1) is 0 Å². The number of likely N-dealkylation sites (tertiary alicyclic amines) is 1. The molecule has 0 bridgehead atoms. The van der Waals surface area contributed by atoms with Gasteiger partial charge in [0.15, 0.2) is 0 Å². The van der Waals surface area contributed by atoms with Gasteiger partial charge < -0.3 is 10.0 Å². The first-order valence-electron chi connectivity index (χ1n) is 11.6. The van der Waals surface area contributed by atoms with Crippen LogP contribution in [0.1, 0.15) is 116 Å². The number of rotatable bonds is 17. The maximum atomic E-state index is 12.2. The average molecular weight is 396 g/mol. The van der Waals surface area contributed by atoms with Crippen LogP contribution in [0.4, 0.5) is 0 Å². The Bertz CT molecular complexity index is 464. The molecule has 1 aliphatic heterocycles. The standard InChI is InChI=1S/C23H41NO4/c1-2-3-4-5-6-7-8-9-10-11-12-15-20(25)16-13-18-22(26)24-19-14-17-21(24)23(27)28/h21H,2-19H2,1H3,(H,27,28). The molecule has 162 valence electrons. The lowest BCUT2D eigenvalue weighted by Gasteiger charge is -2.21. The van der Waals surface area contributed by atoms with Gasteiger partial charge in [-0.1, -0.05) is 71.1 Å². The number of ketones is 1. The van der Waals surface area contributed by atoms with Gasteiger partial charge in [0.05, 0.1) is 0 Å². The van der Waals surface area contributed by atoms with Crippen molar-refractivity contribution < 1.29 is 19.5 Å². The molecule has 5 nitrogen and oxygen atoms in total. The number of carbonyl (C=O) groups is 3. The van der Waals surface area contributed by atoms with Crippen LogP contribution in [0.2, 0.25) is 0 Å². The van der Waals surface area contributed by atoms with Crippen molar-refractivity contribution in [3.05, 3.63) is 0 Å². The summed E-state index contributed by atoms with van der Waals surface area (Å²) in [5.41, 5.74) is 0. The number of hydrogen-bond acceptors (Lipinski definition) is 3. The van der Waals surface area contributed by atoms with E-state index in [0.717, 1.165) is 19.3 Å². The highest BCUT2D eigenvalue weighted by Crippen LogP contribution is 2.19. The molecule has 28 heavy (non-hydrogen) atoms. The second-order valence-corrected chi connectivity index (χ2v) is 8.26. The molecule has 1 atom stereocenters. The van der Waals surface area contributed by atoms with Crippen LogP contribution >= 0.6 is 0 Å². The van der Waals surface area contributed by atoms with Crippen molar-refractivity contribution in [3.8, 4) is 0 Å². The molecule has 0 aromatic heterocycles. The van der Waals surface area contributed by atoms with Crippen molar-refractivity contribution in [3.63, 3.8) is 0 Å². The number of Topliss-reactive ketones (excluding diaryl/α,β-unsaturated/α-hetero) is 1.